The minimum absolute atomic E-state index is 0.579. The second-order valence-electron chi connectivity index (χ2n) is 4.20. The van der Waals surface area contributed by atoms with E-state index in [1.807, 2.05) is 42.5 Å². The molecule has 1 heterocycles. The monoisotopic (exact) mass is 251 g/mol. The molecule has 0 spiro atoms. The van der Waals surface area contributed by atoms with Gasteiger partial charge in [0.25, 0.3) is 0 Å². The molecule has 19 heavy (non-hydrogen) atoms. The highest BCUT2D eigenvalue weighted by atomic mass is 14.7. The summed E-state index contributed by atoms with van der Waals surface area (Å²) in [6.45, 7) is 3.70. The van der Waals surface area contributed by atoms with Crippen LogP contribution < -0.4 is 11.5 Å². The summed E-state index contributed by atoms with van der Waals surface area (Å²) in [7, 11) is 0. The van der Waals surface area contributed by atoms with Crippen molar-refractivity contribution in [2.24, 2.45) is 0 Å². The fourth-order valence-electron chi connectivity index (χ4n) is 1.82. The molecule has 0 radical (unpaired) electrons. The quantitative estimate of drug-likeness (QED) is 0.820. The highest BCUT2D eigenvalue weighted by Crippen LogP contribution is 2.26. The van der Waals surface area contributed by atoms with Crippen molar-refractivity contribution in [3.63, 3.8) is 0 Å². The summed E-state index contributed by atoms with van der Waals surface area (Å²) >= 11 is 0. The Morgan fingerprint density at radius 1 is 1.05 bits per heavy atom. The van der Waals surface area contributed by atoms with Crippen molar-refractivity contribution in [2.45, 2.75) is 6.42 Å². The summed E-state index contributed by atoms with van der Waals surface area (Å²) < 4.78 is 0. The largest absolute Gasteiger partial charge is 0.397 e. The first-order chi connectivity index (χ1) is 9.22. The van der Waals surface area contributed by atoms with Crippen LogP contribution in [0.1, 0.15) is 16.8 Å². The Labute approximate surface area is 113 Å². The molecule has 3 heteroatoms. The van der Waals surface area contributed by atoms with Crippen LogP contribution in [0.15, 0.2) is 49.2 Å². The van der Waals surface area contributed by atoms with Gasteiger partial charge in [-0.2, -0.15) is 0 Å². The molecule has 0 aliphatic rings. The average molecular weight is 251 g/mol. The van der Waals surface area contributed by atoms with Crippen LogP contribution in [-0.4, -0.2) is 4.98 Å². The van der Waals surface area contributed by atoms with Gasteiger partial charge in [0.2, 0.25) is 0 Å². The van der Waals surface area contributed by atoms with E-state index in [-0.39, 0.29) is 0 Å². The molecule has 1 aromatic heterocycles. The van der Waals surface area contributed by atoms with Gasteiger partial charge in [-0.05, 0) is 23.3 Å². The van der Waals surface area contributed by atoms with E-state index in [4.69, 9.17) is 11.5 Å². The molecule has 0 saturated heterocycles. The zero-order valence-corrected chi connectivity index (χ0v) is 10.7. The second kappa shape index (κ2) is 5.87. The third kappa shape index (κ3) is 3.01. The highest BCUT2D eigenvalue weighted by molar-refractivity contribution is 5.82. The van der Waals surface area contributed by atoms with E-state index in [0.29, 0.717) is 11.4 Å². The van der Waals surface area contributed by atoms with Gasteiger partial charge in [0.05, 0.1) is 11.4 Å². The smallest absolute Gasteiger partial charge is 0.0627 e. The molecule has 3 nitrogen and oxygen atoms in total. The van der Waals surface area contributed by atoms with Gasteiger partial charge < -0.3 is 11.5 Å². The van der Waals surface area contributed by atoms with Gasteiger partial charge in [0, 0.05) is 18.3 Å². The van der Waals surface area contributed by atoms with Gasteiger partial charge >= 0.3 is 0 Å². The van der Waals surface area contributed by atoms with Gasteiger partial charge in [-0.25, -0.2) is 0 Å². The van der Waals surface area contributed by atoms with E-state index < -0.39 is 0 Å². The van der Waals surface area contributed by atoms with E-state index in [0.717, 1.165) is 23.2 Å². The maximum absolute atomic E-state index is 6.00. The molecule has 0 atom stereocenters. The number of nitrogen functional groups attached to an aromatic ring is 2. The lowest BCUT2D eigenvalue weighted by atomic mass is 10.1. The molecule has 0 aliphatic carbocycles. The maximum atomic E-state index is 6.00. The zero-order chi connectivity index (χ0) is 13.7. The molecule has 0 amide bonds. The van der Waals surface area contributed by atoms with Crippen LogP contribution in [0.2, 0.25) is 0 Å². The average Bonchev–Trinajstić information content (AvgIpc) is 2.45. The minimum atomic E-state index is 0.579. The van der Waals surface area contributed by atoms with Gasteiger partial charge in [0.1, 0.15) is 0 Å². The summed E-state index contributed by atoms with van der Waals surface area (Å²) in [5.74, 6) is 0. The van der Waals surface area contributed by atoms with Gasteiger partial charge in [-0.1, -0.05) is 43.0 Å². The SMILES string of the molecule is C=Cc1ccc(/C=C\Cc2ccccn2)c(N)c1N. The third-order valence-corrected chi connectivity index (χ3v) is 2.93. The summed E-state index contributed by atoms with van der Waals surface area (Å²) in [5.41, 5.74) is 15.9. The Hall–Kier alpha value is -2.55. The van der Waals surface area contributed by atoms with E-state index in [1.165, 1.54) is 0 Å². The Balaban J connectivity index is 2.16. The molecule has 0 unspecified atom stereocenters. The van der Waals surface area contributed by atoms with Crippen molar-refractivity contribution in [3.8, 4) is 0 Å². The standard InChI is InChI=1S/C16H17N3/c1-2-12-9-10-13(16(18)15(12)17)6-5-8-14-7-3-4-11-19-14/h2-7,9-11H,1,8,17-18H2/b6-5-. The van der Waals surface area contributed by atoms with Crippen LogP contribution in [0.4, 0.5) is 11.4 Å². The lowest BCUT2D eigenvalue weighted by molar-refractivity contribution is 1.11. The van der Waals surface area contributed by atoms with Gasteiger partial charge in [0.15, 0.2) is 0 Å². The molecule has 1 aromatic carbocycles. The third-order valence-electron chi connectivity index (χ3n) is 2.93. The van der Waals surface area contributed by atoms with Crippen LogP contribution in [0.3, 0.4) is 0 Å². The maximum Gasteiger partial charge on any atom is 0.0627 e. The first-order valence-electron chi connectivity index (χ1n) is 6.09. The number of nitrogens with zero attached hydrogens (tertiary/aromatic N) is 1. The molecule has 96 valence electrons. The van der Waals surface area contributed by atoms with Crippen molar-refractivity contribution in [1.29, 1.82) is 0 Å². The van der Waals surface area contributed by atoms with Crippen LogP contribution in [0, 0.1) is 0 Å². The molecule has 0 saturated carbocycles. The fourth-order valence-corrected chi connectivity index (χ4v) is 1.82. The number of rotatable bonds is 4. The van der Waals surface area contributed by atoms with Crippen molar-refractivity contribution in [1.82, 2.24) is 4.98 Å². The molecule has 0 aliphatic heterocycles. The molecule has 4 N–H and O–H groups in total. The molecule has 2 aromatic rings. The van der Waals surface area contributed by atoms with Crippen molar-refractivity contribution in [2.75, 3.05) is 11.5 Å². The number of nitrogens with two attached hydrogens (primary N) is 2. The Morgan fingerprint density at radius 2 is 1.79 bits per heavy atom. The zero-order valence-electron chi connectivity index (χ0n) is 10.7. The number of hydrogen-bond donors (Lipinski definition) is 2. The number of benzene rings is 1. The minimum Gasteiger partial charge on any atom is -0.397 e. The number of pyridine rings is 1. The summed E-state index contributed by atoms with van der Waals surface area (Å²) in [6.07, 6.45) is 8.25. The summed E-state index contributed by atoms with van der Waals surface area (Å²) in [4.78, 5) is 4.26. The lowest BCUT2D eigenvalue weighted by Crippen LogP contribution is -1.99. The van der Waals surface area contributed by atoms with E-state index in [2.05, 4.69) is 11.6 Å². The normalized spacial score (nSPS) is 10.7. The first-order valence-corrected chi connectivity index (χ1v) is 6.09. The predicted molar refractivity (Wildman–Crippen MR) is 82.3 cm³/mol. The fraction of sp³-hybridized carbons (Fsp3) is 0.0625. The molecule has 2 rings (SSSR count). The van der Waals surface area contributed by atoms with Gasteiger partial charge in [-0.3, -0.25) is 4.98 Å². The predicted octanol–water partition coefficient (Wildman–Crippen LogP) is 3.14. The number of aromatic nitrogens is 1. The molecule has 0 bridgehead atoms. The van der Waals surface area contributed by atoms with Crippen LogP contribution in [0.5, 0.6) is 0 Å². The van der Waals surface area contributed by atoms with Crippen molar-refractivity contribution >= 4 is 23.5 Å². The van der Waals surface area contributed by atoms with Crippen LogP contribution >= 0.6 is 0 Å². The Bertz CT molecular complexity index is 601. The van der Waals surface area contributed by atoms with E-state index in [1.54, 1.807) is 12.3 Å². The summed E-state index contributed by atoms with van der Waals surface area (Å²) in [5, 5.41) is 0. The van der Waals surface area contributed by atoms with Crippen LogP contribution in [-0.2, 0) is 6.42 Å². The number of anilines is 2. The molecular weight excluding hydrogens is 234 g/mol. The number of hydrogen-bond acceptors (Lipinski definition) is 3. The van der Waals surface area contributed by atoms with Crippen molar-refractivity contribution in [3.05, 3.63) is 66.0 Å². The lowest BCUT2D eigenvalue weighted by Gasteiger charge is -2.07. The second-order valence-corrected chi connectivity index (χ2v) is 4.20. The molecule has 0 fully saturated rings. The number of allylic oxidation sites excluding steroid dienone is 1. The first kappa shape index (κ1) is 12.9. The van der Waals surface area contributed by atoms with Crippen molar-refractivity contribution < 1.29 is 0 Å². The van der Waals surface area contributed by atoms with E-state index >= 15 is 0 Å². The Morgan fingerprint density at radius 3 is 2.47 bits per heavy atom. The summed E-state index contributed by atoms with van der Waals surface area (Å²) in [6, 6.07) is 9.72. The Kier molecular flexibility index (Phi) is 3.98. The van der Waals surface area contributed by atoms with Gasteiger partial charge in [-0.15, -0.1) is 0 Å². The highest BCUT2D eigenvalue weighted by Gasteiger charge is 2.03. The van der Waals surface area contributed by atoms with E-state index in [9.17, 15) is 0 Å². The molecular formula is C16H17N3. The van der Waals surface area contributed by atoms with Crippen LogP contribution in [0.25, 0.3) is 12.2 Å². The topological polar surface area (TPSA) is 64.9 Å².